The van der Waals surface area contributed by atoms with Crippen LogP contribution in [0.4, 0.5) is 0 Å². The molecule has 0 fully saturated rings. The largest absolute Gasteiger partial charge is 0.305 e. The fraction of sp³-hybridized carbons (Fsp3) is 0.364. The minimum Gasteiger partial charge on any atom is -0.305 e. The molecule has 0 radical (unpaired) electrons. The minimum atomic E-state index is -0.0831. The van der Waals surface area contributed by atoms with Gasteiger partial charge in [0.1, 0.15) is 0 Å². The summed E-state index contributed by atoms with van der Waals surface area (Å²) in [5.74, 6) is 0.802. The number of nitrogens with zero attached hydrogens (tertiary/aromatic N) is 2. The van der Waals surface area contributed by atoms with E-state index >= 15 is 0 Å². The molecule has 0 saturated heterocycles. The maximum Gasteiger partial charge on any atom is 0.231 e. The van der Waals surface area contributed by atoms with E-state index in [0.29, 0.717) is 5.17 Å². The molecule has 0 atom stereocenters. The normalized spacial score (nSPS) is 11.2. The van der Waals surface area contributed by atoms with Gasteiger partial charge in [0.15, 0.2) is 5.17 Å². The van der Waals surface area contributed by atoms with Gasteiger partial charge in [-0.2, -0.15) is 0 Å². The molecule has 0 aromatic carbocycles. The first kappa shape index (κ1) is 12.7. The molecule has 1 N–H and O–H groups in total. The summed E-state index contributed by atoms with van der Waals surface area (Å²) >= 11 is 1.51. The van der Waals surface area contributed by atoms with Crippen LogP contribution in [0.15, 0.2) is 29.4 Å². The maximum absolute atomic E-state index is 11.6. The number of hydrogen-bond acceptors (Lipinski definition) is 4. The molecule has 5 heteroatoms. The van der Waals surface area contributed by atoms with Crippen molar-refractivity contribution >= 4 is 22.8 Å². The van der Waals surface area contributed by atoms with Gasteiger partial charge in [-0.1, -0.05) is 24.8 Å². The second-order valence-corrected chi connectivity index (χ2v) is 4.26. The smallest absolute Gasteiger partial charge is 0.231 e. The van der Waals surface area contributed by atoms with Gasteiger partial charge in [0.05, 0.1) is 6.42 Å². The van der Waals surface area contributed by atoms with E-state index in [9.17, 15) is 4.79 Å². The summed E-state index contributed by atoms with van der Waals surface area (Å²) in [7, 11) is 1.67. The lowest BCUT2D eigenvalue weighted by molar-refractivity contribution is -0.119. The Bertz CT molecular complexity index is 365. The average molecular weight is 237 g/mol. The van der Waals surface area contributed by atoms with E-state index < -0.39 is 0 Å². The first-order valence-corrected chi connectivity index (χ1v) is 6.04. The molecule has 0 bridgehead atoms. The van der Waals surface area contributed by atoms with Crippen molar-refractivity contribution < 1.29 is 4.79 Å². The number of carbonyl (C=O) groups excluding carboxylic acids is 1. The summed E-state index contributed by atoms with van der Waals surface area (Å²) in [6.07, 6.45) is 1.96. The third kappa shape index (κ3) is 4.44. The molecule has 1 heterocycles. The number of rotatable bonds is 3. The lowest BCUT2D eigenvalue weighted by atomic mass is 10.2. The summed E-state index contributed by atoms with van der Waals surface area (Å²) in [6.45, 7) is 2.01. The van der Waals surface area contributed by atoms with E-state index in [1.54, 1.807) is 13.2 Å². The van der Waals surface area contributed by atoms with Gasteiger partial charge < -0.3 is 5.32 Å². The summed E-state index contributed by atoms with van der Waals surface area (Å²) < 4.78 is 0. The molecule has 0 aliphatic carbocycles. The van der Waals surface area contributed by atoms with Gasteiger partial charge in [0.2, 0.25) is 5.91 Å². The van der Waals surface area contributed by atoms with Gasteiger partial charge in [0.25, 0.3) is 0 Å². The zero-order valence-corrected chi connectivity index (χ0v) is 10.3. The highest BCUT2D eigenvalue weighted by Crippen LogP contribution is 2.01. The molecule has 86 valence electrons. The third-order valence-electron chi connectivity index (χ3n) is 1.80. The van der Waals surface area contributed by atoms with Crippen molar-refractivity contribution in [3.05, 3.63) is 30.1 Å². The predicted molar refractivity (Wildman–Crippen MR) is 67.6 cm³/mol. The summed E-state index contributed by atoms with van der Waals surface area (Å²) in [4.78, 5) is 19.7. The standard InChI is InChI=1S/C11H15N3OS/c1-3-16-11(12-2)14-10(15)8-9-6-4-5-7-13-9/h4-7H,3,8H2,1-2H3,(H,12,14,15). The van der Waals surface area contributed by atoms with Crippen LogP contribution in [-0.2, 0) is 11.2 Å². The van der Waals surface area contributed by atoms with E-state index in [2.05, 4.69) is 15.3 Å². The number of aromatic nitrogens is 1. The number of nitrogens with one attached hydrogen (secondary N) is 1. The molecule has 0 aliphatic heterocycles. The van der Waals surface area contributed by atoms with Crippen LogP contribution >= 0.6 is 11.8 Å². The first-order valence-electron chi connectivity index (χ1n) is 5.05. The quantitative estimate of drug-likeness (QED) is 0.640. The van der Waals surface area contributed by atoms with Crippen molar-refractivity contribution in [1.82, 2.24) is 10.3 Å². The Balaban J connectivity index is 2.48. The fourth-order valence-corrected chi connectivity index (χ4v) is 1.71. The van der Waals surface area contributed by atoms with Gasteiger partial charge in [-0.15, -0.1) is 0 Å². The van der Waals surface area contributed by atoms with Crippen molar-refractivity contribution in [3.8, 4) is 0 Å². The molecule has 1 aromatic rings. The van der Waals surface area contributed by atoms with Gasteiger partial charge in [-0.05, 0) is 17.9 Å². The monoisotopic (exact) mass is 237 g/mol. The minimum absolute atomic E-state index is 0.0831. The predicted octanol–water partition coefficient (Wildman–Crippen LogP) is 1.48. The van der Waals surface area contributed by atoms with E-state index in [-0.39, 0.29) is 12.3 Å². The number of aliphatic imine (C=N–C) groups is 1. The highest BCUT2D eigenvalue weighted by molar-refractivity contribution is 8.13. The van der Waals surface area contributed by atoms with Crippen LogP contribution < -0.4 is 5.32 Å². The molecule has 0 aliphatic rings. The average Bonchev–Trinajstić information content (AvgIpc) is 2.29. The molecule has 1 amide bonds. The Morgan fingerprint density at radius 3 is 2.94 bits per heavy atom. The van der Waals surface area contributed by atoms with Crippen molar-refractivity contribution in [2.45, 2.75) is 13.3 Å². The number of amidine groups is 1. The summed E-state index contributed by atoms with van der Waals surface area (Å²) in [5.41, 5.74) is 0.761. The highest BCUT2D eigenvalue weighted by atomic mass is 32.2. The lowest BCUT2D eigenvalue weighted by Crippen LogP contribution is -2.30. The molecule has 0 spiro atoms. The molecule has 1 aromatic heterocycles. The Morgan fingerprint density at radius 2 is 2.38 bits per heavy atom. The number of thioether (sulfide) groups is 1. The van der Waals surface area contributed by atoms with E-state index in [0.717, 1.165) is 11.4 Å². The van der Waals surface area contributed by atoms with Gasteiger partial charge in [0, 0.05) is 18.9 Å². The lowest BCUT2D eigenvalue weighted by Gasteiger charge is -2.05. The van der Waals surface area contributed by atoms with Gasteiger partial charge in [-0.25, -0.2) is 0 Å². The topological polar surface area (TPSA) is 54.4 Å². The van der Waals surface area contributed by atoms with E-state index in [4.69, 9.17) is 0 Å². The van der Waals surface area contributed by atoms with Crippen LogP contribution in [0.2, 0.25) is 0 Å². The molecular weight excluding hydrogens is 222 g/mol. The van der Waals surface area contributed by atoms with Crippen molar-refractivity contribution in [3.63, 3.8) is 0 Å². The Kier molecular flexibility index (Phi) is 5.56. The second-order valence-electron chi connectivity index (χ2n) is 3.01. The van der Waals surface area contributed by atoms with Crippen LogP contribution in [0.5, 0.6) is 0 Å². The van der Waals surface area contributed by atoms with E-state index in [1.165, 1.54) is 11.8 Å². The Morgan fingerprint density at radius 1 is 1.56 bits per heavy atom. The van der Waals surface area contributed by atoms with E-state index in [1.807, 2.05) is 25.1 Å². The molecule has 1 rings (SSSR count). The van der Waals surface area contributed by atoms with Crippen LogP contribution in [0, 0.1) is 0 Å². The van der Waals surface area contributed by atoms with Crippen molar-refractivity contribution in [2.24, 2.45) is 4.99 Å². The molecule has 0 saturated carbocycles. The van der Waals surface area contributed by atoms with Crippen LogP contribution in [0.3, 0.4) is 0 Å². The van der Waals surface area contributed by atoms with Crippen LogP contribution in [0.25, 0.3) is 0 Å². The summed E-state index contributed by atoms with van der Waals surface area (Å²) in [5, 5.41) is 3.41. The fourth-order valence-electron chi connectivity index (χ4n) is 1.12. The Hall–Kier alpha value is -1.36. The highest BCUT2D eigenvalue weighted by Gasteiger charge is 2.06. The molecule has 0 unspecified atom stereocenters. The maximum atomic E-state index is 11.6. The third-order valence-corrected chi connectivity index (χ3v) is 2.65. The molecular formula is C11H15N3OS. The molecule has 4 nitrogen and oxygen atoms in total. The molecule has 16 heavy (non-hydrogen) atoms. The van der Waals surface area contributed by atoms with Crippen LogP contribution in [-0.4, -0.2) is 28.9 Å². The second kappa shape index (κ2) is 7.00. The number of carbonyl (C=O) groups is 1. The van der Waals surface area contributed by atoms with Crippen molar-refractivity contribution in [2.75, 3.05) is 12.8 Å². The number of hydrogen-bond donors (Lipinski definition) is 1. The summed E-state index contributed by atoms with van der Waals surface area (Å²) in [6, 6.07) is 5.52. The van der Waals surface area contributed by atoms with Crippen molar-refractivity contribution in [1.29, 1.82) is 0 Å². The first-order chi connectivity index (χ1) is 7.76. The van der Waals surface area contributed by atoms with Gasteiger partial charge >= 0.3 is 0 Å². The number of pyridine rings is 1. The Labute approximate surface area is 99.6 Å². The van der Waals surface area contributed by atoms with Gasteiger partial charge in [-0.3, -0.25) is 14.8 Å². The SMILES string of the molecule is CCSC(=NC)NC(=O)Cc1ccccn1. The number of amides is 1. The zero-order valence-electron chi connectivity index (χ0n) is 9.43. The van der Waals surface area contributed by atoms with Crippen LogP contribution in [0.1, 0.15) is 12.6 Å². The zero-order chi connectivity index (χ0) is 11.8.